The summed E-state index contributed by atoms with van der Waals surface area (Å²) in [6, 6.07) is 13.8. The van der Waals surface area contributed by atoms with Gasteiger partial charge < -0.3 is 14.1 Å². The molecule has 2 aromatic carbocycles. The lowest BCUT2D eigenvalue weighted by Crippen LogP contribution is -2.25. The van der Waals surface area contributed by atoms with E-state index in [1.165, 1.54) is 12.1 Å². The maximum Gasteiger partial charge on any atom is 0.236 e. The maximum absolute atomic E-state index is 13.5. The molecule has 2 heterocycles. The fraction of sp³-hybridized carbons (Fsp3) is 0.318. The lowest BCUT2D eigenvalue weighted by molar-refractivity contribution is 0.414. The molecule has 0 saturated carbocycles. The maximum atomic E-state index is 13.5. The van der Waals surface area contributed by atoms with Crippen molar-refractivity contribution in [2.75, 3.05) is 25.1 Å². The smallest absolute Gasteiger partial charge is 0.236 e. The fourth-order valence-corrected chi connectivity index (χ4v) is 5.11. The summed E-state index contributed by atoms with van der Waals surface area (Å²) in [6.07, 6.45) is 4.25. The van der Waals surface area contributed by atoms with Gasteiger partial charge in [0.25, 0.3) is 0 Å². The Morgan fingerprint density at radius 3 is 2.20 bits per heavy atom. The second kappa shape index (κ2) is 8.81. The van der Waals surface area contributed by atoms with Crippen LogP contribution in [-0.4, -0.2) is 33.6 Å². The number of methoxy groups -OCH3 is 1. The Balaban J connectivity index is 1.82. The third kappa shape index (κ3) is 4.25. The summed E-state index contributed by atoms with van der Waals surface area (Å²) in [4.78, 5) is 6.64. The predicted molar refractivity (Wildman–Crippen MR) is 119 cm³/mol. The standard InChI is InChI=1S/C22H23BrN2O4S/c1-28-18-10-12-19(13-11-18)30(26,27)21-22(25-14-4-2-3-5-15-25)29-20(24-21)16-6-8-17(23)9-7-16/h6-13H,2-5,14-15H2,1H3. The Labute approximate surface area is 184 Å². The zero-order valence-electron chi connectivity index (χ0n) is 16.7. The predicted octanol–water partition coefficient (Wildman–Crippen LogP) is 5.33. The summed E-state index contributed by atoms with van der Waals surface area (Å²) in [5.74, 6) is 1.22. The van der Waals surface area contributed by atoms with Crippen LogP contribution in [0.3, 0.4) is 0 Å². The van der Waals surface area contributed by atoms with Crippen molar-refractivity contribution in [1.82, 2.24) is 4.98 Å². The second-order valence-electron chi connectivity index (χ2n) is 7.22. The molecule has 0 N–H and O–H groups in total. The summed E-state index contributed by atoms with van der Waals surface area (Å²) < 4.78 is 39.1. The fourth-order valence-electron chi connectivity index (χ4n) is 3.53. The number of aromatic nitrogens is 1. The van der Waals surface area contributed by atoms with Gasteiger partial charge in [0.05, 0.1) is 12.0 Å². The third-order valence-corrected chi connectivity index (χ3v) is 7.38. The molecular formula is C22H23BrN2O4S. The Kier molecular flexibility index (Phi) is 6.15. The van der Waals surface area contributed by atoms with Gasteiger partial charge in [0.1, 0.15) is 5.75 Å². The number of anilines is 1. The number of sulfone groups is 1. The average Bonchev–Trinajstić information content (AvgIpc) is 3.04. The molecule has 0 atom stereocenters. The molecule has 6 nitrogen and oxygen atoms in total. The van der Waals surface area contributed by atoms with Crippen LogP contribution < -0.4 is 9.64 Å². The molecule has 8 heteroatoms. The van der Waals surface area contributed by atoms with Gasteiger partial charge in [-0.1, -0.05) is 28.8 Å². The van der Waals surface area contributed by atoms with Gasteiger partial charge >= 0.3 is 0 Å². The van der Waals surface area contributed by atoms with Crippen molar-refractivity contribution < 1.29 is 17.6 Å². The molecule has 1 saturated heterocycles. The van der Waals surface area contributed by atoms with E-state index in [0.717, 1.165) is 48.8 Å². The summed E-state index contributed by atoms with van der Waals surface area (Å²) in [6.45, 7) is 1.50. The number of benzene rings is 2. The largest absolute Gasteiger partial charge is 0.497 e. The third-order valence-electron chi connectivity index (χ3n) is 5.19. The van der Waals surface area contributed by atoms with Crippen LogP contribution in [0.4, 0.5) is 5.88 Å². The number of hydrogen-bond donors (Lipinski definition) is 0. The number of nitrogens with zero attached hydrogens (tertiary/aromatic N) is 2. The van der Waals surface area contributed by atoms with Crippen molar-refractivity contribution in [1.29, 1.82) is 0 Å². The highest BCUT2D eigenvalue weighted by Crippen LogP contribution is 2.36. The van der Waals surface area contributed by atoms with Crippen LogP contribution in [0.1, 0.15) is 25.7 Å². The average molecular weight is 491 g/mol. The van der Waals surface area contributed by atoms with E-state index in [-0.39, 0.29) is 9.92 Å². The SMILES string of the molecule is COc1ccc(S(=O)(=O)c2nc(-c3ccc(Br)cc3)oc2N2CCCCCC2)cc1. The molecule has 0 amide bonds. The number of ether oxygens (including phenoxy) is 1. The van der Waals surface area contributed by atoms with Gasteiger partial charge in [0.15, 0.2) is 0 Å². The number of rotatable bonds is 5. The van der Waals surface area contributed by atoms with Gasteiger partial charge in [-0.2, -0.15) is 4.98 Å². The lowest BCUT2D eigenvalue weighted by Gasteiger charge is -2.20. The van der Waals surface area contributed by atoms with Crippen LogP contribution in [0.2, 0.25) is 0 Å². The van der Waals surface area contributed by atoms with E-state index in [4.69, 9.17) is 9.15 Å². The highest BCUT2D eigenvalue weighted by Gasteiger charge is 2.31. The van der Waals surface area contributed by atoms with Crippen LogP contribution in [0.25, 0.3) is 11.5 Å². The number of halogens is 1. The van der Waals surface area contributed by atoms with E-state index in [9.17, 15) is 8.42 Å². The topological polar surface area (TPSA) is 72.6 Å². The van der Waals surface area contributed by atoms with Gasteiger partial charge in [-0.25, -0.2) is 8.42 Å². The van der Waals surface area contributed by atoms with Gasteiger partial charge in [0, 0.05) is 23.1 Å². The lowest BCUT2D eigenvalue weighted by atomic mass is 10.2. The first-order valence-corrected chi connectivity index (χ1v) is 12.2. The molecule has 0 aliphatic carbocycles. The molecule has 0 unspecified atom stereocenters. The van der Waals surface area contributed by atoms with Crippen LogP contribution in [0, 0.1) is 0 Å². The number of hydrogen-bond acceptors (Lipinski definition) is 6. The van der Waals surface area contributed by atoms with Crippen molar-refractivity contribution in [2.45, 2.75) is 35.6 Å². The zero-order valence-corrected chi connectivity index (χ0v) is 19.1. The summed E-state index contributed by atoms with van der Waals surface area (Å²) >= 11 is 3.42. The van der Waals surface area contributed by atoms with Gasteiger partial charge in [-0.15, -0.1) is 0 Å². The Bertz CT molecular complexity index is 1100. The van der Waals surface area contributed by atoms with Crippen molar-refractivity contribution in [3.8, 4) is 17.2 Å². The monoisotopic (exact) mass is 490 g/mol. The van der Waals surface area contributed by atoms with Crippen molar-refractivity contribution in [2.24, 2.45) is 0 Å². The Morgan fingerprint density at radius 1 is 0.967 bits per heavy atom. The van der Waals surface area contributed by atoms with Gasteiger partial charge in [-0.3, -0.25) is 0 Å². The zero-order chi connectivity index (χ0) is 21.1. The van der Waals surface area contributed by atoms with E-state index in [2.05, 4.69) is 20.9 Å². The van der Waals surface area contributed by atoms with Crippen LogP contribution in [0.15, 0.2) is 67.3 Å². The van der Waals surface area contributed by atoms with E-state index in [1.54, 1.807) is 19.2 Å². The normalized spacial score (nSPS) is 15.1. The Morgan fingerprint density at radius 2 is 1.60 bits per heavy atom. The molecule has 0 bridgehead atoms. The number of oxazole rings is 1. The second-order valence-corrected chi connectivity index (χ2v) is 10.00. The van der Waals surface area contributed by atoms with Gasteiger partial charge in [0.2, 0.25) is 26.6 Å². The molecule has 158 valence electrons. The molecular weight excluding hydrogens is 468 g/mol. The van der Waals surface area contributed by atoms with E-state index in [1.807, 2.05) is 29.2 Å². The highest BCUT2D eigenvalue weighted by molar-refractivity contribution is 9.10. The molecule has 4 rings (SSSR count). The first-order valence-electron chi connectivity index (χ1n) is 9.90. The summed E-state index contributed by atoms with van der Waals surface area (Å²) in [5.41, 5.74) is 0.727. The van der Waals surface area contributed by atoms with E-state index < -0.39 is 9.84 Å². The van der Waals surface area contributed by atoms with Crippen molar-refractivity contribution >= 4 is 31.7 Å². The van der Waals surface area contributed by atoms with Crippen LogP contribution >= 0.6 is 15.9 Å². The van der Waals surface area contributed by atoms with E-state index in [0.29, 0.717) is 17.5 Å². The quantitative estimate of drug-likeness (QED) is 0.481. The van der Waals surface area contributed by atoms with Crippen molar-refractivity contribution in [3.05, 3.63) is 53.0 Å². The van der Waals surface area contributed by atoms with Crippen LogP contribution in [0.5, 0.6) is 5.75 Å². The van der Waals surface area contributed by atoms with Crippen molar-refractivity contribution in [3.63, 3.8) is 0 Å². The first kappa shape index (κ1) is 20.9. The summed E-state index contributed by atoms with van der Waals surface area (Å²) in [5, 5.41) is -0.0347. The molecule has 0 spiro atoms. The molecule has 1 fully saturated rings. The summed E-state index contributed by atoms with van der Waals surface area (Å²) in [7, 11) is -2.32. The van der Waals surface area contributed by atoms with Gasteiger partial charge in [-0.05, 0) is 61.4 Å². The minimum absolute atomic E-state index is 0.0347. The molecule has 1 aromatic heterocycles. The highest BCUT2D eigenvalue weighted by atomic mass is 79.9. The molecule has 1 aliphatic heterocycles. The Hall–Kier alpha value is -2.32. The minimum Gasteiger partial charge on any atom is -0.497 e. The molecule has 0 radical (unpaired) electrons. The molecule has 3 aromatic rings. The molecule has 30 heavy (non-hydrogen) atoms. The van der Waals surface area contributed by atoms with E-state index >= 15 is 0 Å². The minimum atomic E-state index is -3.86. The molecule has 1 aliphatic rings. The first-order chi connectivity index (χ1) is 14.5. The van der Waals surface area contributed by atoms with Crippen LogP contribution in [-0.2, 0) is 9.84 Å².